The van der Waals surface area contributed by atoms with E-state index in [4.69, 9.17) is 5.84 Å². The van der Waals surface area contributed by atoms with Gasteiger partial charge in [0.15, 0.2) is 0 Å². The first-order valence-electron chi connectivity index (χ1n) is 6.20. The van der Waals surface area contributed by atoms with Gasteiger partial charge >= 0.3 is 6.18 Å². The first-order valence-corrected chi connectivity index (χ1v) is 7.08. The fourth-order valence-electron chi connectivity index (χ4n) is 1.56. The molecule has 1 atom stereocenters. The number of nitrogen functional groups attached to an aromatic ring is 1. The third-order valence-corrected chi connectivity index (χ3v) is 3.76. The Morgan fingerprint density at radius 1 is 1.35 bits per heavy atom. The minimum absolute atomic E-state index is 0.0323. The Kier molecular flexibility index (Phi) is 4.78. The van der Waals surface area contributed by atoms with Crippen molar-refractivity contribution in [3.8, 4) is 0 Å². The number of alkyl halides is 3. The van der Waals surface area contributed by atoms with Gasteiger partial charge in [-0.2, -0.15) is 13.2 Å². The van der Waals surface area contributed by atoms with Crippen molar-refractivity contribution >= 4 is 23.4 Å². The van der Waals surface area contributed by atoms with Gasteiger partial charge in [-0.3, -0.25) is 4.79 Å². The lowest BCUT2D eigenvalue weighted by Gasteiger charge is -2.12. The Hall–Kier alpha value is -2.30. The summed E-state index contributed by atoms with van der Waals surface area (Å²) in [4.78, 5) is 12.0. The van der Waals surface area contributed by atoms with Gasteiger partial charge in [0.2, 0.25) is 11.1 Å². The molecule has 0 aliphatic heterocycles. The number of anilines is 1. The first kappa shape index (κ1) is 17.1. The number of amides is 1. The highest BCUT2D eigenvalue weighted by atomic mass is 32.2. The fourth-order valence-corrected chi connectivity index (χ4v) is 2.33. The molecule has 124 valence electrons. The van der Waals surface area contributed by atoms with Gasteiger partial charge in [0.05, 0.1) is 10.9 Å². The topological polar surface area (TPSA) is 85.8 Å². The molecule has 0 fully saturated rings. The zero-order valence-electron chi connectivity index (χ0n) is 11.6. The van der Waals surface area contributed by atoms with Crippen molar-refractivity contribution in [1.29, 1.82) is 0 Å². The average molecular weight is 349 g/mol. The molecule has 11 heteroatoms. The number of hydrogen-bond acceptors (Lipinski definition) is 5. The highest BCUT2D eigenvalue weighted by molar-refractivity contribution is 8.00. The lowest BCUT2D eigenvalue weighted by molar-refractivity contribution is -0.146. The Morgan fingerprint density at radius 3 is 2.57 bits per heavy atom. The SMILES string of the molecule is CC(Sc1nnc(C(F)(F)F)n1N)C(=O)Nc1ccccc1F. The van der Waals surface area contributed by atoms with Crippen LogP contribution in [-0.2, 0) is 11.0 Å². The molecule has 3 N–H and O–H groups in total. The van der Waals surface area contributed by atoms with Gasteiger partial charge in [-0.05, 0) is 19.1 Å². The van der Waals surface area contributed by atoms with E-state index >= 15 is 0 Å². The third-order valence-electron chi connectivity index (χ3n) is 2.70. The van der Waals surface area contributed by atoms with Gasteiger partial charge < -0.3 is 11.2 Å². The number of hydrogen-bond donors (Lipinski definition) is 2. The molecule has 1 unspecified atom stereocenters. The zero-order valence-corrected chi connectivity index (χ0v) is 12.5. The van der Waals surface area contributed by atoms with Crippen LogP contribution >= 0.6 is 11.8 Å². The van der Waals surface area contributed by atoms with Crippen LogP contribution in [0.15, 0.2) is 29.4 Å². The smallest absolute Gasteiger partial charge is 0.335 e. The normalized spacial score (nSPS) is 12.9. The summed E-state index contributed by atoms with van der Waals surface area (Å²) >= 11 is 0.670. The van der Waals surface area contributed by atoms with Crippen molar-refractivity contribution in [3.63, 3.8) is 0 Å². The fraction of sp³-hybridized carbons (Fsp3) is 0.250. The molecule has 0 aliphatic rings. The van der Waals surface area contributed by atoms with Crippen molar-refractivity contribution in [2.24, 2.45) is 0 Å². The highest BCUT2D eigenvalue weighted by Crippen LogP contribution is 2.30. The zero-order chi connectivity index (χ0) is 17.2. The number of carbonyl (C=O) groups excluding carboxylic acids is 1. The molecule has 0 saturated heterocycles. The average Bonchev–Trinajstić information content (AvgIpc) is 2.82. The van der Waals surface area contributed by atoms with Crippen molar-refractivity contribution in [3.05, 3.63) is 35.9 Å². The van der Waals surface area contributed by atoms with Crippen molar-refractivity contribution in [2.45, 2.75) is 23.5 Å². The number of para-hydroxylation sites is 1. The predicted molar refractivity (Wildman–Crippen MR) is 75.5 cm³/mol. The summed E-state index contributed by atoms with van der Waals surface area (Å²) in [5, 5.41) is 7.43. The third kappa shape index (κ3) is 3.92. The second-order valence-electron chi connectivity index (χ2n) is 4.40. The maximum atomic E-state index is 13.4. The number of nitrogens with two attached hydrogens (primary N) is 1. The quantitative estimate of drug-likeness (QED) is 0.502. The highest BCUT2D eigenvalue weighted by Gasteiger charge is 2.38. The molecule has 1 heterocycles. The van der Waals surface area contributed by atoms with Gasteiger partial charge in [0.1, 0.15) is 5.82 Å². The molecule has 0 spiro atoms. The molecule has 2 aromatic rings. The van der Waals surface area contributed by atoms with Crippen LogP contribution in [0, 0.1) is 5.82 Å². The van der Waals surface area contributed by atoms with Crippen molar-refractivity contribution < 1.29 is 22.4 Å². The van der Waals surface area contributed by atoms with Crippen LogP contribution in [0.5, 0.6) is 0 Å². The molecule has 1 aromatic carbocycles. The Morgan fingerprint density at radius 2 is 2.00 bits per heavy atom. The molecule has 0 radical (unpaired) electrons. The summed E-state index contributed by atoms with van der Waals surface area (Å²) in [6.45, 7) is 1.42. The van der Waals surface area contributed by atoms with Gasteiger partial charge in [0.25, 0.3) is 5.82 Å². The van der Waals surface area contributed by atoms with E-state index in [9.17, 15) is 22.4 Å². The number of carbonyl (C=O) groups is 1. The molecule has 0 saturated carbocycles. The molecular formula is C12H11F4N5OS. The largest absolute Gasteiger partial charge is 0.453 e. The van der Waals surface area contributed by atoms with Crippen LogP contribution in [0.1, 0.15) is 12.7 Å². The summed E-state index contributed by atoms with van der Waals surface area (Å²) in [6.07, 6.45) is -4.75. The molecule has 6 nitrogen and oxygen atoms in total. The number of nitrogens with zero attached hydrogens (tertiary/aromatic N) is 3. The summed E-state index contributed by atoms with van der Waals surface area (Å²) in [5.74, 6) is 2.66. The predicted octanol–water partition coefficient (Wildman–Crippen LogP) is 2.27. The van der Waals surface area contributed by atoms with Crippen molar-refractivity contribution in [2.75, 3.05) is 11.2 Å². The van der Waals surface area contributed by atoms with E-state index in [0.717, 1.165) is 0 Å². The van der Waals surface area contributed by atoms with E-state index in [-0.39, 0.29) is 15.5 Å². The lowest BCUT2D eigenvalue weighted by Crippen LogP contribution is -2.25. The number of thioether (sulfide) groups is 1. The summed E-state index contributed by atoms with van der Waals surface area (Å²) < 4.78 is 51.4. The van der Waals surface area contributed by atoms with E-state index < -0.39 is 29.0 Å². The molecule has 0 aliphatic carbocycles. The van der Waals surface area contributed by atoms with Crippen LogP contribution in [0.3, 0.4) is 0 Å². The van der Waals surface area contributed by atoms with E-state index in [1.165, 1.54) is 31.2 Å². The Bertz CT molecular complexity index is 718. The van der Waals surface area contributed by atoms with Crippen LogP contribution in [0.25, 0.3) is 0 Å². The maximum Gasteiger partial charge on any atom is 0.453 e. The molecule has 23 heavy (non-hydrogen) atoms. The summed E-state index contributed by atoms with van der Waals surface area (Å²) in [5.41, 5.74) is -0.0323. The van der Waals surface area contributed by atoms with E-state index in [0.29, 0.717) is 11.8 Å². The standard InChI is InChI=1S/C12H11F4N5OS/c1-6(9(22)18-8-5-3-2-4-7(8)13)23-11-20-19-10(21(11)17)12(14,15)16/h2-6H,17H2,1H3,(H,18,22). The van der Waals surface area contributed by atoms with Crippen LogP contribution in [0.4, 0.5) is 23.2 Å². The number of nitrogens with one attached hydrogen (secondary N) is 1. The minimum atomic E-state index is -4.75. The number of aromatic nitrogens is 3. The van der Waals surface area contributed by atoms with Gasteiger partial charge in [-0.1, -0.05) is 23.9 Å². The van der Waals surface area contributed by atoms with E-state index in [2.05, 4.69) is 15.5 Å². The van der Waals surface area contributed by atoms with Crippen LogP contribution in [-0.4, -0.2) is 26.0 Å². The monoisotopic (exact) mass is 349 g/mol. The van der Waals surface area contributed by atoms with E-state index in [1.807, 2.05) is 0 Å². The van der Waals surface area contributed by atoms with E-state index in [1.54, 1.807) is 0 Å². The van der Waals surface area contributed by atoms with Gasteiger partial charge in [-0.25, -0.2) is 9.07 Å². The van der Waals surface area contributed by atoms with Crippen LogP contribution in [0.2, 0.25) is 0 Å². The van der Waals surface area contributed by atoms with Crippen LogP contribution < -0.4 is 11.2 Å². The second-order valence-corrected chi connectivity index (χ2v) is 5.71. The van der Waals surface area contributed by atoms with Gasteiger partial charge in [0, 0.05) is 0 Å². The Labute approximate surface area is 132 Å². The molecule has 2 rings (SSSR count). The molecule has 1 amide bonds. The van der Waals surface area contributed by atoms with Crippen molar-refractivity contribution in [1.82, 2.24) is 14.9 Å². The number of benzene rings is 1. The second kappa shape index (κ2) is 6.44. The lowest BCUT2D eigenvalue weighted by atomic mass is 10.3. The minimum Gasteiger partial charge on any atom is -0.335 e. The molecule has 0 bridgehead atoms. The molecular weight excluding hydrogens is 338 g/mol. The Balaban J connectivity index is 2.07. The maximum absolute atomic E-state index is 13.4. The summed E-state index contributed by atoms with van der Waals surface area (Å²) in [7, 11) is 0. The number of rotatable bonds is 4. The molecule has 1 aromatic heterocycles. The number of halogens is 4. The van der Waals surface area contributed by atoms with Gasteiger partial charge in [-0.15, -0.1) is 10.2 Å². The summed E-state index contributed by atoms with van der Waals surface area (Å²) in [6, 6.07) is 5.51. The first-order chi connectivity index (χ1) is 10.7.